The van der Waals surface area contributed by atoms with Gasteiger partial charge in [-0.05, 0) is 40.9 Å². The smallest absolute Gasteiger partial charge is 0.183 e. The second-order valence-corrected chi connectivity index (χ2v) is 7.37. The molecule has 0 amide bonds. The van der Waals surface area contributed by atoms with E-state index in [1.54, 1.807) is 12.4 Å². The van der Waals surface area contributed by atoms with Crippen molar-refractivity contribution in [2.45, 2.75) is 24.9 Å². The van der Waals surface area contributed by atoms with Gasteiger partial charge in [-0.3, -0.25) is 4.90 Å². The molecule has 2 atom stereocenters. The van der Waals surface area contributed by atoms with Crippen molar-refractivity contribution in [1.82, 2.24) is 14.9 Å². The Kier molecular flexibility index (Phi) is 4.88. The van der Waals surface area contributed by atoms with Crippen LogP contribution in [0, 0.1) is 23.2 Å². The highest BCUT2D eigenvalue weighted by Gasteiger charge is 2.37. The van der Waals surface area contributed by atoms with Gasteiger partial charge in [-0.2, -0.15) is 5.26 Å². The normalized spacial score (nSPS) is 22.2. The van der Waals surface area contributed by atoms with Gasteiger partial charge in [0.2, 0.25) is 0 Å². The zero-order chi connectivity index (χ0) is 17.9. The van der Waals surface area contributed by atoms with E-state index in [9.17, 15) is 5.26 Å². The van der Waals surface area contributed by atoms with Crippen LogP contribution in [0.4, 0.5) is 5.82 Å². The number of fused-ring (bicyclic) bond motifs is 1. The summed E-state index contributed by atoms with van der Waals surface area (Å²) in [7, 11) is 0. The first-order valence-electron chi connectivity index (χ1n) is 8.74. The summed E-state index contributed by atoms with van der Waals surface area (Å²) in [6.45, 7) is 2.65. The molecular weight excluding hydrogens is 390 g/mol. The maximum Gasteiger partial charge on any atom is 0.183 e. The summed E-state index contributed by atoms with van der Waals surface area (Å²) in [6, 6.07) is 11.0. The Morgan fingerprint density at radius 1 is 1.12 bits per heavy atom. The molecule has 6 heteroatoms. The highest BCUT2D eigenvalue weighted by atomic mass is 79.9. The Balaban J connectivity index is 1.48. The molecule has 1 aromatic heterocycles. The molecule has 2 aliphatic heterocycles. The minimum atomic E-state index is 0.298. The quantitative estimate of drug-likeness (QED) is 0.680. The molecule has 0 bridgehead atoms. The second kappa shape index (κ2) is 7.45. The molecule has 2 aromatic rings. The molecule has 2 fully saturated rings. The lowest BCUT2D eigenvalue weighted by Gasteiger charge is -2.39. The van der Waals surface area contributed by atoms with Gasteiger partial charge in [-0.25, -0.2) is 9.97 Å². The number of piperazine rings is 1. The Morgan fingerprint density at radius 3 is 2.81 bits per heavy atom. The van der Waals surface area contributed by atoms with Crippen LogP contribution in [0.3, 0.4) is 0 Å². The fourth-order valence-corrected chi connectivity index (χ4v) is 4.15. The molecule has 0 saturated carbocycles. The summed E-state index contributed by atoms with van der Waals surface area (Å²) in [5.41, 5.74) is 1.44. The van der Waals surface area contributed by atoms with Crippen molar-refractivity contribution in [3.05, 3.63) is 52.4 Å². The Bertz CT molecular complexity index is 910. The van der Waals surface area contributed by atoms with Gasteiger partial charge in [0.15, 0.2) is 11.5 Å². The average molecular weight is 408 g/mol. The lowest BCUT2D eigenvalue weighted by molar-refractivity contribution is 0.202. The zero-order valence-electron chi connectivity index (χ0n) is 14.3. The van der Waals surface area contributed by atoms with E-state index in [0.29, 0.717) is 23.6 Å². The standard InChI is InChI=1S/C20H18BrN5/c21-18-4-2-1-3-15(18)5-6-16-7-8-17-14-25(11-12-26(16)17)20-19(13-22)23-9-10-24-20/h1-4,9-10,16-17H,7-8,11-12,14H2/t16-,17-/m0/s1. The van der Waals surface area contributed by atoms with Crippen molar-refractivity contribution in [2.75, 3.05) is 24.5 Å². The number of hydrogen-bond acceptors (Lipinski definition) is 5. The third kappa shape index (κ3) is 3.31. The summed E-state index contributed by atoms with van der Waals surface area (Å²) in [5.74, 6) is 7.50. The third-order valence-corrected chi connectivity index (χ3v) is 5.73. The van der Waals surface area contributed by atoms with Crippen LogP contribution in [-0.2, 0) is 0 Å². The van der Waals surface area contributed by atoms with Crippen LogP contribution in [0.15, 0.2) is 41.1 Å². The predicted molar refractivity (Wildman–Crippen MR) is 103 cm³/mol. The Morgan fingerprint density at radius 2 is 1.96 bits per heavy atom. The summed E-state index contributed by atoms with van der Waals surface area (Å²) < 4.78 is 1.04. The van der Waals surface area contributed by atoms with Crippen molar-refractivity contribution in [3.63, 3.8) is 0 Å². The summed E-state index contributed by atoms with van der Waals surface area (Å²) in [4.78, 5) is 13.2. The molecule has 2 aliphatic rings. The molecule has 0 aliphatic carbocycles. The monoisotopic (exact) mass is 407 g/mol. The molecule has 0 radical (unpaired) electrons. The van der Waals surface area contributed by atoms with E-state index in [-0.39, 0.29) is 0 Å². The maximum atomic E-state index is 9.27. The number of aromatic nitrogens is 2. The molecule has 2 saturated heterocycles. The van der Waals surface area contributed by atoms with E-state index in [1.807, 2.05) is 24.3 Å². The van der Waals surface area contributed by atoms with E-state index in [0.717, 1.165) is 42.5 Å². The van der Waals surface area contributed by atoms with E-state index in [1.165, 1.54) is 0 Å². The summed E-state index contributed by atoms with van der Waals surface area (Å²) in [5, 5.41) is 9.27. The number of anilines is 1. The van der Waals surface area contributed by atoms with Crippen LogP contribution in [0.1, 0.15) is 24.1 Å². The number of nitrogens with zero attached hydrogens (tertiary/aromatic N) is 5. The lowest BCUT2D eigenvalue weighted by atomic mass is 10.1. The van der Waals surface area contributed by atoms with Crippen molar-refractivity contribution >= 4 is 21.7 Å². The highest BCUT2D eigenvalue weighted by Crippen LogP contribution is 2.29. The van der Waals surface area contributed by atoms with E-state index in [4.69, 9.17) is 0 Å². The number of hydrogen-bond donors (Lipinski definition) is 0. The SMILES string of the molecule is N#Cc1nccnc1N1CCN2[C@@H](CC[C@@H]2C#Cc2ccccc2Br)C1. The molecule has 26 heavy (non-hydrogen) atoms. The van der Waals surface area contributed by atoms with Crippen molar-refractivity contribution in [1.29, 1.82) is 5.26 Å². The van der Waals surface area contributed by atoms with E-state index in [2.05, 4.69) is 53.6 Å². The topological polar surface area (TPSA) is 56.1 Å². The highest BCUT2D eigenvalue weighted by molar-refractivity contribution is 9.10. The molecular formula is C20H18BrN5. The first kappa shape index (κ1) is 17.0. The van der Waals surface area contributed by atoms with Crippen LogP contribution in [0.2, 0.25) is 0 Å². The summed E-state index contributed by atoms with van der Waals surface area (Å²) >= 11 is 3.56. The number of halogens is 1. The van der Waals surface area contributed by atoms with Gasteiger partial charge in [-0.15, -0.1) is 0 Å². The first-order valence-corrected chi connectivity index (χ1v) is 9.53. The third-order valence-electron chi connectivity index (χ3n) is 5.03. The van der Waals surface area contributed by atoms with Gasteiger partial charge in [0, 0.05) is 48.1 Å². The van der Waals surface area contributed by atoms with Crippen LogP contribution in [0.5, 0.6) is 0 Å². The molecule has 0 N–H and O–H groups in total. The van der Waals surface area contributed by atoms with Gasteiger partial charge in [0.1, 0.15) is 6.07 Å². The number of benzene rings is 1. The second-order valence-electron chi connectivity index (χ2n) is 6.52. The van der Waals surface area contributed by atoms with Crippen molar-refractivity contribution in [2.24, 2.45) is 0 Å². The van der Waals surface area contributed by atoms with Gasteiger partial charge in [-0.1, -0.05) is 24.0 Å². The average Bonchev–Trinajstić information content (AvgIpc) is 3.09. The summed E-state index contributed by atoms with van der Waals surface area (Å²) in [6.07, 6.45) is 5.43. The predicted octanol–water partition coefficient (Wildman–Crippen LogP) is 2.82. The van der Waals surface area contributed by atoms with Crippen molar-refractivity contribution < 1.29 is 0 Å². The van der Waals surface area contributed by atoms with Gasteiger partial charge >= 0.3 is 0 Å². The lowest BCUT2D eigenvalue weighted by Crippen LogP contribution is -2.52. The number of rotatable bonds is 1. The molecule has 5 nitrogen and oxygen atoms in total. The van der Waals surface area contributed by atoms with Crippen LogP contribution >= 0.6 is 15.9 Å². The van der Waals surface area contributed by atoms with Gasteiger partial charge in [0.25, 0.3) is 0 Å². The molecule has 1 aromatic carbocycles. The van der Waals surface area contributed by atoms with Crippen LogP contribution in [0.25, 0.3) is 0 Å². The molecule has 3 heterocycles. The molecule has 0 spiro atoms. The first-order chi connectivity index (χ1) is 12.8. The number of nitriles is 1. The van der Waals surface area contributed by atoms with Gasteiger partial charge < -0.3 is 4.90 Å². The zero-order valence-corrected chi connectivity index (χ0v) is 15.9. The minimum absolute atomic E-state index is 0.298. The fraction of sp³-hybridized carbons (Fsp3) is 0.350. The minimum Gasteiger partial charge on any atom is -0.351 e. The van der Waals surface area contributed by atoms with Crippen LogP contribution < -0.4 is 4.90 Å². The molecule has 0 unspecified atom stereocenters. The van der Waals surface area contributed by atoms with E-state index < -0.39 is 0 Å². The largest absolute Gasteiger partial charge is 0.351 e. The maximum absolute atomic E-state index is 9.27. The van der Waals surface area contributed by atoms with E-state index >= 15 is 0 Å². The Hall–Kier alpha value is -2.41. The molecule has 4 rings (SSSR count). The fourth-order valence-electron chi connectivity index (χ4n) is 3.76. The van der Waals surface area contributed by atoms with Gasteiger partial charge in [0.05, 0.1) is 6.04 Å². The molecule has 130 valence electrons. The Labute approximate surface area is 161 Å². The van der Waals surface area contributed by atoms with Crippen LogP contribution in [-0.4, -0.2) is 46.6 Å². The van der Waals surface area contributed by atoms with Crippen molar-refractivity contribution in [3.8, 4) is 17.9 Å².